The van der Waals surface area contributed by atoms with Crippen LogP contribution in [0.1, 0.15) is 24.8 Å². The summed E-state index contributed by atoms with van der Waals surface area (Å²) >= 11 is 0. The molecular formula is C16H19N. The number of rotatable bonds is 4. The first-order chi connectivity index (χ1) is 8.33. The van der Waals surface area contributed by atoms with E-state index in [0.717, 1.165) is 12.3 Å². The topological polar surface area (TPSA) is 26.0 Å². The van der Waals surface area contributed by atoms with E-state index in [9.17, 15) is 0 Å². The lowest BCUT2D eigenvalue weighted by molar-refractivity contribution is 0.568. The summed E-state index contributed by atoms with van der Waals surface area (Å²) in [5, 5.41) is 2.69. The van der Waals surface area contributed by atoms with Gasteiger partial charge in [-0.3, -0.25) is 0 Å². The molecule has 1 aliphatic rings. The van der Waals surface area contributed by atoms with E-state index in [1.165, 1.54) is 35.6 Å². The van der Waals surface area contributed by atoms with Crippen molar-refractivity contribution in [3.05, 3.63) is 48.0 Å². The van der Waals surface area contributed by atoms with Crippen LogP contribution in [0.5, 0.6) is 0 Å². The molecule has 1 unspecified atom stereocenters. The van der Waals surface area contributed by atoms with Crippen LogP contribution >= 0.6 is 0 Å². The van der Waals surface area contributed by atoms with E-state index in [1.54, 1.807) is 0 Å². The second-order valence-corrected chi connectivity index (χ2v) is 5.28. The summed E-state index contributed by atoms with van der Waals surface area (Å²) < 4.78 is 0. The van der Waals surface area contributed by atoms with Crippen LogP contribution in [-0.4, -0.2) is 6.04 Å². The van der Waals surface area contributed by atoms with Crippen LogP contribution in [-0.2, 0) is 6.42 Å². The van der Waals surface area contributed by atoms with Gasteiger partial charge in [0.15, 0.2) is 0 Å². The molecule has 1 heteroatoms. The van der Waals surface area contributed by atoms with E-state index >= 15 is 0 Å². The average molecular weight is 225 g/mol. The molecule has 88 valence electrons. The van der Waals surface area contributed by atoms with Gasteiger partial charge in [-0.15, -0.1) is 0 Å². The van der Waals surface area contributed by atoms with Gasteiger partial charge in [0.05, 0.1) is 0 Å². The van der Waals surface area contributed by atoms with E-state index < -0.39 is 0 Å². The van der Waals surface area contributed by atoms with Crippen LogP contribution in [0, 0.1) is 5.92 Å². The minimum Gasteiger partial charge on any atom is -0.327 e. The first-order valence-corrected chi connectivity index (χ1v) is 6.55. The molecule has 1 aliphatic carbocycles. The Balaban J connectivity index is 1.83. The Hall–Kier alpha value is -1.34. The van der Waals surface area contributed by atoms with Crippen molar-refractivity contribution < 1.29 is 0 Å². The highest BCUT2D eigenvalue weighted by Crippen LogP contribution is 2.34. The molecule has 0 radical (unpaired) electrons. The molecular weight excluding hydrogens is 206 g/mol. The maximum absolute atomic E-state index is 6.24. The minimum absolute atomic E-state index is 0.327. The number of hydrogen-bond acceptors (Lipinski definition) is 1. The molecule has 1 nitrogen and oxygen atoms in total. The molecule has 0 saturated heterocycles. The molecule has 3 rings (SSSR count). The third-order valence-electron chi connectivity index (χ3n) is 3.70. The molecule has 2 aromatic rings. The molecule has 0 amide bonds. The summed E-state index contributed by atoms with van der Waals surface area (Å²) in [7, 11) is 0. The third-order valence-corrected chi connectivity index (χ3v) is 3.70. The molecule has 0 aliphatic heterocycles. The molecule has 1 fully saturated rings. The van der Waals surface area contributed by atoms with Crippen molar-refractivity contribution in [1.29, 1.82) is 0 Å². The highest BCUT2D eigenvalue weighted by atomic mass is 14.6. The summed E-state index contributed by atoms with van der Waals surface area (Å²) in [5.74, 6) is 0.917. The lowest BCUT2D eigenvalue weighted by Crippen LogP contribution is -2.23. The van der Waals surface area contributed by atoms with Gasteiger partial charge in [0.25, 0.3) is 0 Å². The third kappa shape index (κ3) is 2.50. The standard InChI is InChI=1S/C16H19N/c17-15(10-12-8-9-12)11-14-6-3-5-13-4-1-2-7-16(13)14/h1-7,12,15H,8-11,17H2. The van der Waals surface area contributed by atoms with E-state index in [4.69, 9.17) is 5.73 Å². The monoisotopic (exact) mass is 225 g/mol. The minimum atomic E-state index is 0.327. The van der Waals surface area contributed by atoms with Crippen molar-refractivity contribution in [2.24, 2.45) is 11.7 Å². The number of benzene rings is 2. The quantitative estimate of drug-likeness (QED) is 0.846. The normalized spacial score (nSPS) is 17.2. The van der Waals surface area contributed by atoms with Gasteiger partial charge in [-0.1, -0.05) is 55.3 Å². The van der Waals surface area contributed by atoms with Gasteiger partial charge in [0.1, 0.15) is 0 Å². The van der Waals surface area contributed by atoms with Gasteiger partial charge in [-0.2, -0.15) is 0 Å². The molecule has 2 N–H and O–H groups in total. The molecule has 0 bridgehead atoms. The van der Waals surface area contributed by atoms with E-state index in [1.807, 2.05) is 0 Å². The second-order valence-electron chi connectivity index (χ2n) is 5.28. The van der Waals surface area contributed by atoms with Gasteiger partial charge in [-0.25, -0.2) is 0 Å². The molecule has 0 spiro atoms. The lowest BCUT2D eigenvalue weighted by atomic mass is 9.97. The average Bonchev–Trinajstić information content (AvgIpc) is 3.13. The maximum atomic E-state index is 6.24. The van der Waals surface area contributed by atoms with Gasteiger partial charge < -0.3 is 5.73 Å². The van der Waals surface area contributed by atoms with Crippen LogP contribution in [0.4, 0.5) is 0 Å². The fraction of sp³-hybridized carbons (Fsp3) is 0.375. The maximum Gasteiger partial charge on any atom is 0.00821 e. The summed E-state index contributed by atoms with van der Waals surface area (Å²) in [4.78, 5) is 0. The highest BCUT2D eigenvalue weighted by Gasteiger charge is 2.23. The van der Waals surface area contributed by atoms with Crippen LogP contribution in [0.3, 0.4) is 0 Å². The number of nitrogens with two attached hydrogens (primary N) is 1. The van der Waals surface area contributed by atoms with E-state index in [-0.39, 0.29) is 0 Å². The van der Waals surface area contributed by atoms with Crippen molar-refractivity contribution in [2.45, 2.75) is 31.7 Å². The van der Waals surface area contributed by atoms with Crippen molar-refractivity contribution in [2.75, 3.05) is 0 Å². The molecule has 0 heterocycles. The first kappa shape index (κ1) is 10.8. The Bertz CT molecular complexity index is 508. The molecule has 1 atom stereocenters. The Morgan fingerprint density at radius 1 is 1.06 bits per heavy atom. The Morgan fingerprint density at radius 2 is 1.82 bits per heavy atom. The van der Waals surface area contributed by atoms with Gasteiger partial charge in [-0.05, 0) is 35.1 Å². The van der Waals surface area contributed by atoms with Gasteiger partial charge >= 0.3 is 0 Å². The predicted octanol–water partition coefficient (Wildman–Crippen LogP) is 3.51. The summed E-state index contributed by atoms with van der Waals surface area (Å²) in [6, 6.07) is 15.4. The van der Waals surface area contributed by atoms with Crippen molar-refractivity contribution >= 4 is 10.8 Å². The zero-order chi connectivity index (χ0) is 11.7. The van der Waals surface area contributed by atoms with Crippen LogP contribution in [0.15, 0.2) is 42.5 Å². The number of fused-ring (bicyclic) bond motifs is 1. The Morgan fingerprint density at radius 3 is 2.65 bits per heavy atom. The van der Waals surface area contributed by atoms with E-state index in [0.29, 0.717) is 6.04 Å². The largest absolute Gasteiger partial charge is 0.327 e. The molecule has 2 aromatic carbocycles. The second kappa shape index (κ2) is 4.50. The lowest BCUT2D eigenvalue weighted by Gasteiger charge is -2.13. The fourth-order valence-corrected chi connectivity index (χ4v) is 2.62. The predicted molar refractivity (Wildman–Crippen MR) is 73.0 cm³/mol. The van der Waals surface area contributed by atoms with Crippen molar-refractivity contribution in [3.63, 3.8) is 0 Å². The van der Waals surface area contributed by atoms with E-state index in [2.05, 4.69) is 42.5 Å². The summed E-state index contributed by atoms with van der Waals surface area (Å²) in [5.41, 5.74) is 7.64. The first-order valence-electron chi connectivity index (χ1n) is 6.55. The smallest absolute Gasteiger partial charge is 0.00821 e. The summed E-state index contributed by atoms with van der Waals surface area (Å²) in [6.45, 7) is 0. The molecule has 1 saturated carbocycles. The van der Waals surface area contributed by atoms with Gasteiger partial charge in [0, 0.05) is 6.04 Å². The van der Waals surface area contributed by atoms with Crippen LogP contribution < -0.4 is 5.73 Å². The van der Waals surface area contributed by atoms with Gasteiger partial charge in [0.2, 0.25) is 0 Å². The highest BCUT2D eigenvalue weighted by molar-refractivity contribution is 5.85. The van der Waals surface area contributed by atoms with Crippen molar-refractivity contribution in [1.82, 2.24) is 0 Å². The van der Waals surface area contributed by atoms with Crippen LogP contribution in [0.2, 0.25) is 0 Å². The van der Waals surface area contributed by atoms with Crippen LogP contribution in [0.25, 0.3) is 10.8 Å². The molecule has 0 aromatic heterocycles. The summed E-state index contributed by atoms with van der Waals surface area (Å²) in [6.07, 6.45) is 4.99. The zero-order valence-corrected chi connectivity index (χ0v) is 10.1. The molecule has 17 heavy (non-hydrogen) atoms. The SMILES string of the molecule is NC(Cc1cccc2ccccc12)CC1CC1. The van der Waals surface area contributed by atoms with Crippen molar-refractivity contribution in [3.8, 4) is 0 Å². The Labute approximate surface area is 103 Å². The number of hydrogen-bond donors (Lipinski definition) is 1. The zero-order valence-electron chi connectivity index (χ0n) is 10.1. The fourth-order valence-electron chi connectivity index (χ4n) is 2.62. The Kier molecular flexibility index (Phi) is 2.86.